The standard InChI is InChI=1S/C19H27N3O3/c1-14(23)20-13-15-5-7-16(8-6-15)19(25)22-11-9-21(10-12-22)17-3-2-4-18(17)24/h5-8,17-18,24H,2-4,9-13H2,1H3,(H,20,23)/t17-,18-/m1/s1. The van der Waals surface area contributed by atoms with Crippen molar-refractivity contribution >= 4 is 11.8 Å². The molecule has 2 atom stereocenters. The van der Waals surface area contributed by atoms with Gasteiger partial charge in [-0.05, 0) is 37.0 Å². The van der Waals surface area contributed by atoms with E-state index >= 15 is 0 Å². The van der Waals surface area contributed by atoms with Gasteiger partial charge >= 0.3 is 0 Å². The molecule has 25 heavy (non-hydrogen) atoms. The molecule has 0 spiro atoms. The van der Waals surface area contributed by atoms with E-state index in [1.54, 1.807) is 0 Å². The van der Waals surface area contributed by atoms with Crippen LogP contribution in [0.2, 0.25) is 0 Å². The summed E-state index contributed by atoms with van der Waals surface area (Å²) in [4.78, 5) is 27.8. The Labute approximate surface area is 148 Å². The molecule has 1 aliphatic carbocycles. The minimum absolute atomic E-state index is 0.0534. The monoisotopic (exact) mass is 345 g/mol. The van der Waals surface area contributed by atoms with Gasteiger partial charge in [0, 0.05) is 51.3 Å². The predicted octanol–water partition coefficient (Wildman–Crippen LogP) is 0.994. The van der Waals surface area contributed by atoms with Crippen LogP contribution in [0, 0.1) is 0 Å². The third kappa shape index (κ3) is 4.38. The Balaban J connectivity index is 1.52. The summed E-state index contributed by atoms with van der Waals surface area (Å²) in [5.74, 6) is -0.0110. The number of amides is 2. The molecule has 0 aromatic heterocycles. The van der Waals surface area contributed by atoms with E-state index in [0.717, 1.165) is 37.9 Å². The van der Waals surface area contributed by atoms with Gasteiger partial charge in [-0.25, -0.2) is 0 Å². The normalized spacial score (nSPS) is 24.3. The quantitative estimate of drug-likeness (QED) is 0.854. The molecule has 3 rings (SSSR count). The lowest BCUT2D eigenvalue weighted by Gasteiger charge is -2.39. The first-order valence-corrected chi connectivity index (χ1v) is 9.09. The van der Waals surface area contributed by atoms with Crippen LogP contribution in [0.4, 0.5) is 0 Å². The third-order valence-electron chi connectivity index (χ3n) is 5.26. The van der Waals surface area contributed by atoms with Crippen LogP contribution >= 0.6 is 0 Å². The van der Waals surface area contributed by atoms with Crippen LogP contribution in [0.25, 0.3) is 0 Å². The summed E-state index contributed by atoms with van der Waals surface area (Å²) in [6.07, 6.45) is 2.84. The highest BCUT2D eigenvalue weighted by Crippen LogP contribution is 2.25. The molecular weight excluding hydrogens is 318 g/mol. The number of hydrogen-bond acceptors (Lipinski definition) is 4. The number of benzene rings is 1. The number of aliphatic hydroxyl groups excluding tert-OH is 1. The fourth-order valence-corrected chi connectivity index (χ4v) is 3.78. The molecule has 1 aromatic carbocycles. The van der Waals surface area contributed by atoms with E-state index in [1.807, 2.05) is 29.2 Å². The van der Waals surface area contributed by atoms with Crippen LogP contribution in [0.5, 0.6) is 0 Å². The van der Waals surface area contributed by atoms with Gasteiger partial charge in [-0.2, -0.15) is 0 Å². The van der Waals surface area contributed by atoms with Gasteiger partial charge < -0.3 is 15.3 Å². The lowest BCUT2D eigenvalue weighted by molar-refractivity contribution is -0.119. The Morgan fingerprint density at radius 2 is 1.80 bits per heavy atom. The number of hydrogen-bond donors (Lipinski definition) is 2. The average molecular weight is 345 g/mol. The van der Waals surface area contributed by atoms with Gasteiger partial charge in [0.05, 0.1) is 6.10 Å². The van der Waals surface area contributed by atoms with Crippen molar-refractivity contribution in [2.24, 2.45) is 0 Å². The maximum Gasteiger partial charge on any atom is 0.253 e. The molecule has 2 aliphatic rings. The van der Waals surface area contributed by atoms with Crippen LogP contribution in [0.15, 0.2) is 24.3 Å². The lowest BCUT2D eigenvalue weighted by Crippen LogP contribution is -2.53. The maximum atomic E-state index is 12.7. The Kier molecular flexibility index (Phi) is 5.71. The second kappa shape index (κ2) is 7.97. The molecule has 0 radical (unpaired) electrons. The average Bonchev–Trinajstić information content (AvgIpc) is 3.06. The Hall–Kier alpha value is -1.92. The summed E-state index contributed by atoms with van der Waals surface area (Å²) in [6.45, 7) is 5.03. The number of nitrogens with one attached hydrogen (secondary N) is 1. The van der Waals surface area contributed by atoms with E-state index in [4.69, 9.17) is 0 Å². The molecular formula is C19H27N3O3. The van der Waals surface area contributed by atoms with Crippen molar-refractivity contribution in [3.63, 3.8) is 0 Å². The number of piperazine rings is 1. The lowest BCUT2D eigenvalue weighted by atomic mass is 10.1. The number of aliphatic hydroxyl groups is 1. The van der Waals surface area contributed by atoms with Gasteiger partial charge in [-0.15, -0.1) is 0 Å². The molecule has 1 saturated heterocycles. The second-order valence-electron chi connectivity index (χ2n) is 7.00. The summed E-state index contributed by atoms with van der Waals surface area (Å²) in [5, 5.41) is 12.8. The van der Waals surface area contributed by atoms with Gasteiger partial charge in [-0.3, -0.25) is 14.5 Å². The van der Waals surface area contributed by atoms with E-state index in [1.165, 1.54) is 6.92 Å². The topological polar surface area (TPSA) is 72.9 Å². The molecule has 2 N–H and O–H groups in total. The zero-order valence-electron chi connectivity index (χ0n) is 14.8. The SMILES string of the molecule is CC(=O)NCc1ccc(C(=O)N2CCN([C@@H]3CCC[C@H]3O)CC2)cc1. The molecule has 136 valence electrons. The van der Waals surface area contributed by atoms with Gasteiger partial charge in [0.25, 0.3) is 5.91 Å². The van der Waals surface area contributed by atoms with Crippen LogP contribution < -0.4 is 5.32 Å². The molecule has 1 heterocycles. The smallest absolute Gasteiger partial charge is 0.253 e. The largest absolute Gasteiger partial charge is 0.391 e. The number of rotatable bonds is 4. The summed E-state index contributed by atoms with van der Waals surface area (Å²) < 4.78 is 0. The van der Waals surface area contributed by atoms with E-state index < -0.39 is 0 Å². The zero-order valence-corrected chi connectivity index (χ0v) is 14.8. The van der Waals surface area contributed by atoms with Gasteiger partial charge in [0.15, 0.2) is 0 Å². The number of carbonyl (C=O) groups is 2. The molecule has 1 aliphatic heterocycles. The first kappa shape index (κ1) is 17.9. The van der Waals surface area contributed by atoms with Gasteiger partial charge in [0.1, 0.15) is 0 Å². The van der Waals surface area contributed by atoms with E-state index in [9.17, 15) is 14.7 Å². The first-order chi connectivity index (χ1) is 12.0. The number of nitrogens with zero attached hydrogens (tertiary/aromatic N) is 2. The van der Waals surface area contributed by atoms with Crippen LogP contribution in [-0.2, 0) is 11.3 Å². The second-order valence-corrected chi connectivity index (χ2v) is 7.00. The van der Waals surface area contributed by atoms with E-state index in [2.05, 4.69) is 10.2 Å². The zero-order chi connectivity index (χ0) is 17.8. The van der Waals surface area contributed by atoms with Crippen LogP contribution in [0.1, 0.15) is 42.1 Å². The van der Waals surface area contributed by atoms with Crippen molar-refractivity contribution in [2.75, 3.05) is 26.2 Å². The van der Waals surface area contributed by atoms with Crippen molar-refractivity contribution in [3.8, 4) is 0 Å². The molecule has 2 fully saturated rings. The highest BCUT2D eigenvalue weighted by Gasteiger charge is 2.33. The van der Waals surface area contributed by atoms with Crippen LogP contribution in [-0.4, -0.2) is 65.0 Å². The molecule has 6 nitrogen and oxygen atoms in total. The maximum absolute atomic E-state index is 12.7. The minimum atomic E-state index is -0.210. The molecule has 2 amide bonds. The fourth-order valence-electron chi connectivity index (χ4n) is 3.78. The van der Waals surface area contributed by atoms with Gasteiger partial charge in [-0.1, -0.05) is 12.1 Å². The van der Waals surface area contributed by atoms with Crippen molar-refractivity contribution in [2.45, 2.75) is 44.9 Å². The highest BCUT2D eigenvalue weighted by atomic mass is 16.3. The summed E-state index contributed by atoms with van der Waals surface area (Å²) in [7, 11) is 0. The van der Waals surface area contributed by atoms with Crippen molar-refractivity contribution in [1.29, 1.82) is 0 Å². The molecule has 6 heteroatoms. The Morgan fingerprint density at radius 1 is 1.12 bits per heavy atom. The predicted molar refractivity (Wildman–Crippen MR) is 95.1 cm³/mol. The molecule has 0 unspecified atom stereocenters. The molecule has 0 bridgehead atoms. The Bertz CT molecular complexity index is 609. The molecule has 1 aromatic rings. The summed E-state index contributed by atoms with van der Waals surface area (Å²) >= 11 is 0. The third-order valence-corrected chi connectivity index (χ3v) is 5.26. The van der Waals surface area contributed by atoms with E-state index in [0.29, 0.717) is 25.2 Å². The minimum Gasteiger partial charge on any atom is -0.391 e. The van der Waals surface area contributed by atoms with E-state index in [-0.39, 0.29) is 24.0 Å². The van der Waals surface area contributed by atoms with Crippen LogP contribution in [0.3, 0.4) is 0 Å². The van der Waals surface area contributed by atoms with Crippen molar-refractivity contribution in [1.82, 2.24) is 15.1 Å². The first-order valence-electron chi connectivity index (χ1n) is 9.09. The molecule has 1 saturated carbocycles. The number of carbonyl (C=O) groups excluding carboxylic acids is 2. The van der Waals surface area contributed by atoms with Gasteiger partial charge in [0.2, 0.25) is 5.91 Å². The van der Waals surface area contributed by atoms with Crippen molar-refractivity contribution in [3.05, 3.63) is 35.4 Å². The summed E-state index contributed by atoms with van der Waals surface area (Å²) in [6, 6.07) is 7.69. The fraction of sp³-hybridized carbons (Fsp3) is 0.579. The highest BCUT2D eigenvalue weighted by molar-refractivity contribution is 5.94. The summed E-state index contributed by atoms with van der Waals surface area (Å²) in [5.41, 5.74) is 1.66. The Morgan fingerprint density at radius 3 is 2.36 bits per heavy atom. The van der Waals surface area contributed by atoms with Crippen molar-refractivity contribution < 1.29 is 14.7 Å².